The summed E-state index contributed by atoms with van der Waals surface area (Å²) < 4.78 is 6.68. The van der Waals surface area contributed by atoms with Gasteiger partial charge in [-0.3, -0.25) is 0 Å². The van der Waals surface area contributed by atoms with Crippen molar-refractivity contribution < 1.29 is 4.74 Å². The van der Waals surface area contributed by atoms with Crippen molar-refractivity contribution in [2.75, 3.05) is 0 Å². The van der Waals surface area contributed by atoms with Crippen LogP contribution in [0.15, 0.2) is 29.8 Å². The van der Waals surface area contributed by atoms with Crippen LogP contribution in [0, 0.1) is 27.7 Å². The summed E-state index contributed by atoms with van der Waals surface area (Å²) in [4.78, 5) is 0. The van der Waals surface area contributed by atoms with Crippen LogP contribution >= 0.6 is 0 Å². The third-order valence-electron chi connectivity index (χ3n) is 6.70. The average molecular weight is 375 g/mol. The first-order valence-electron chi connectivity index (χ1n) is 10.5. The summed E-state index contributed by atoms with van der Waals surface area (Å²) in [6.45, 7) is 21.8. The molecule has 0 aromatic heterocycles. The summed E-state index contributed by atoms with van der Waals surface area (Å²) in [5.74, 6) is 1.07. The number of fused-ring (bicyclic) bond motifs is 4. The number of rotatable bonds is 0. The zero-order chi connectivity index (χ0) is 21.0. The van der Waals surface area contributed by atoms with E-state index < -0.39 is 0 Å². The van der Waals surface area contributed by atoms with Crippen molar-refractivity contribution in [2.45, 2.75) is 74.8 Å². The van der Waals surface area contributed by atoms with Crippen molar-refractivity contribution in [1.29, 1.82) is 0 Å². The van der Waals surface area contributed by atoms with E-state index >= 15 is 0 Å². The van der Waals surface area contributed by atoms with Gasteiger partial charge in [-0.2, -0.15) is 0 Å². The van der Waals surface area contributed by atoms with Crippen LogP contribution in [0.2, 0.25) is 0 Å². The van der Waals surface area contributed by atoms with Crippen LogP contribution in [0.5, 0.6) is 5.75 Å². The molecule has 1 heteroatoms. The summed E-state index contributed by atoms with van der Waals surface area (Å²) in [5.41, 5.74) is 9.10. The lowest BCUT2D eigenvalue weighted by atomic mass is 9.80. The number of ether oxygens (including phenoxy) is 1. The fourth-order valence-electron chi connectivity index (χ4n) is 4.73. The second-order valence-electron chi connectivity index (χ2n) is 8.36. The van der Waals surface area contributed by atoms with Crippen LogP contribution in [0.4, 0.5) is 0 Å². The molecule has 0 saturated carbocycles. The van der Waals surface area contributed by atoms with Crippen LogP contribution in [0.25, 0.3) is 27.1 Å². The Bertz CT molecular complexity index is 1130. The van der Waals surface area contributed by atoms with Crippen molar-refractivity contribution >= 4 is 27.1 Å². The molecule has 0 N–H and O–H groups in total. The molecule has 0 fully saturated rings. The van der Waals surface area contributed by atoms with Crippen LogP contribution in [-0.2, 0) is 0 Å². The number of hydrogen-bond acceptors (Lipinski definition) is 1. The monoisotopic (exact) mass is 374 g/mol. The Hall–Kier alpha value is -2.28. The highest BCUT2D eigenvalue weighted by Gasteiger charge is 2.34. The molecule has 1 aliphatic heterocycles. The quantitative estimate of drug-likeness (QED) is 0.360. The predicted octanol–water partition coefficient (Wildman–Crippen LogP) is 8.22. The van der Waals surface area contributed by atoms with Gasteiger partial charge in [-0.25, -0.2) is 0 Å². The highest BCUT2D eigenvalue weighted by atomic mass is 16.5. The van der Waals surface area contributed by atoms with Gasteiger partial charge in [-0.15, -0.1) is 0 Å². The zero-order valence-electron chi connectivity index (χ0n) is 19.2. The smallest absolute Gasteiger partial charge is 0.136 e. The van der Waals surface area contributed by atoms with Gasteiger partial charge in [0.25, 0.3) is 0 Å². The molecule has 1 heterocycles. The topological polar surface area (TPSA) is 9.23 Å². The average Bonchev–Trinajstić information content (AvgIpc) is 2.68. The first-order valence-corrected chi connectivity index (χ1v) is 10.5. The molecule has 3 aromatic carbocycles. The Kier molecular flexibility index (Phi) is 5.08. The Morgan fingerprint density at radius 3 is 1.71 bits per heavy atom. The van der Waals surface area contributed by atoms with Gasteiger partial charge in [0.2, 0.25) is 0 Å². The zero-order valence-corrected chi connectivity index (χ0v) is 19.2. The molecule has 0 atom stereocenters. The summed E-state index contributed by atoms with van der Waals surface area (Å²) in [6, 6.07) is 8.75. The molecule has 4 rings (SSSR count). The highest BCUT2D eigenvalue weighted by Crippen LogP contribution is 2.50. The van der Waals surface area contributed by atoms with Crippen molar-refractivity contribution in [3.05, 3.63) is 57.7 Å². The molecule has 0 unspecified atom stereocenters. The molecule has 1 nitrogen and oxygen atoms in total. The molecule has 1 aliphatic rings. The Morgan fingerprint density at radius 2 is 1.18 bits per heavy atom. The van der Waals surface area contributed by atoms with Gasteiger partial charge in [0.1, 0.15) is 11.4 Å². The fraction of sp³-hybridized carbons (Fsp3) is 0.407. The first-order chi connectivity index (χ1) is 13.2. The highest BCUT2D eigenvalue weighted by molar-refractivity contribution is 6.11. The van der Waals surface area contributed by atoms with Gasteiger partial charge in [0.05, 0.1) is 0 Å². The number of benzene rings is 3. The summed E-state index contributed by atoms with van der Waals surface area (Å²) in [6.07, 6.45) is 0. The maximum absolute atomic E-state index is 6.68. The molecule has 0 spiro atoms. The van der Waals surface area contributed by atoms with E-state index in [-0.39, 0.29) is 5.60 Å². The Balaban J connectivity index is 0.00000109. The second-order valence-corrected chi connectivity index (χ2v) is 8.36. The minimum absolute atomic E-state index is 0.280. The molecule has 0 aliphatic carbocycles. The largest absolute Gasteiger partial charge is 0.482 e. The number of hydrogen-bond donors (Lipinski definition) is 0. The lowest BCUT2D eigenvalue weighted by Crippen LogP contribution is -2.33. The molecular formula is C27H34O. The van der Waals surface area contributed by atoms with E-state index in [1.165, 1.54) is 60.5 Å². The summed E-state index contributed by atoms with van der Waals surface area (Å²) in [7, 11) is 0. The van der Waals surface area contributed by atoms with Gasteiger partial charge >= 0.3 is 0 Å². The third kappa shape index (κ3) is 2.67. The van der Waals surface area contributed by atoms with Gasteiger partial charge < -0.3 is 4.74 Å². The van der Waals surface area contributed by atoms with Gasteiger partial charge in [-0.05, 0) is 105 Å². The minimum Gasteiger partial charge on any atom is -0.482 e. The van der Waals surface area contributed by atoms with E-state index in [1.54, 1.807) is 0 Å². The lowest BCUT2D eigenvalue weighted by molar-refractivity contribution is 0.146. The molecule has 148 valence electrons. The third-order valence-corrected chi connectivity index (χ3v) is 6.70. The normalized spacial score (nSPS) is 15.2. The van der Waals surface area contributed by atoms with Gasteiger partial charge in [0.15, 0.2) is 0 Å². The molecule has 0 saturated heterocycles. The van der Waals surface area contributed by atoms with E-state index in [1.807, 2.05) is 13.8 Å². The number of aryl methyl sites for hydroxylation is 3. The van der Waals surface area contributed by atoms with Crippen molar-refractivity contribution in [3.63, 3.8) is 0 Å². The SMILES string of the molecule is CC.CC1=C(C)C(C)(C)Oc2c1c(C)c(C)c1c(C)c3ccccc3c(C)c21. The van der Waals surface area contributed by atoms with Crippen molar-refractivity contribution in [3.8, 4) is 5.75 Å². The standard InChI is InChI=1S/C25H28O.C2H6/c1-13-14(2)22-15(3)18(6)25(7,8)26-24(22)23-17(5)20-12-10-9-11-19(20)16(4)21(13)23;1-2/h9-12H,1-8H3;1-2H3. The second kappa shape index (κ2) is 6.95. The van der Waals surface area contributed by atoms with Gasteiger partial charge in [0, 0.05) is 10.9 Å². The lowest BCUT2D eigenvalue weighted by Gasteiger charge is -2.37. The van der Waals surface area contributed by atoms with Crippen LogP contribution in [-0.4, -0.2) is 5.60 Å². The van der Waals surface area contributed by atoms with E-state index in [9.17, 15) is 0 Å². The Labute approximate surface area is 170 Å². The summed E-state index contributed by atoms with van der Waals surface area (Å²) in [5, 5.41) is 5.33. The van der Waals surface area contributed by atoms with E-state index in [0.29, 0.717) is 0 Å². The first kappa shape index (κ1) is 20.5. The molecule has 0 bridgehead atoms. The Morgan fingerprint density at radius 1 is 0.679 bits per heavy atom. The van der Waals surface area contributed by atoms with Crippen LogP contribution in [0.1, 0.15) is 69.4 Å². The molecule has 0 radical (unpaired) electrons. The maximum atomic E-state index is 6.68. The van der Waals surface area contributed by atoms with Gasteiger partial charge in [-0.1, -0.05) is 38.1 Å². The number of allylic oxidation sites excluding steroid dienone is 1. The molecule has 0 amide bonds. The molecular weight excluding hydrogens is 340 g/mol. The van der Waals surface area contributed by atoms with E-state index in [2.05, 4.69) is 79.7 Å². The van der Waals surface area contributed by atoms with Crippen LogP contribution in [0.3, 0.4) is 0 Å². The summed E-state index contributed by atoms with van der Waals surface area (Å²) >= 11 is 0. The van der Waals surface area contributed by atoms with Crippen molar-refractivity contribution in [2.24, 2.45) is 0 Å². The maximum Gasteiger partial charge on any atom is 0.136 e. The van der Waals surface area contributed by atoms with Crippen molar-refractivity contribution in [1.82, 2.24) is 0 Å². The van der Waals surface area contributed by atoms with E-state index in [4.69, 9.17) is 4.74 Å². The predicted molar refractivity (Wildman–Crippen MR) is 125 cm³/mol. The molecule has 3 aromatic rings. The van der Waals surface area contributed by atoms with Crippen LogP contribution < -0.4 is 4.74 Å². The molecule has 28 heavy (non-hydrogen) atoms. The van der Waals surface area contributed by atoms with E-state index in [0.717, 1.165) is 5.75 Å². The fourth-order valence-corrected chi connectivity index (χ4v) is 4.73. The minimum atomic E-state index is -0.280.